The Morgan fingerprint density at radius 3 is 3.06 bits per heavy atom. The predicted molar refractivity (Wildman–Crippen MR) is 65.8 cm³/mol. The largest absolute Gasteiger partial charge is 0.492 e. The van der Waals surface area contributed by atoms with Crippen molar-refractivity contribution in [1.82, 2.24) is 0 Å². The number of hydrogen-bond donors (Lipinski definition) is 1. The van der Waals surface area contributed by atoms with E-state index < -0.39 is 5.97 Å². The van der Waals surface area contributed by atoms with E-state index in [-0.39, 0.29) is 6.42 Å². The van der Waals surface area contributed by atoms with Crippen LogP contribution in [0.3, 0.4) is 0 Å². The molecular weight excluding hydrogens is 218 g/mol. The minimum atomic E-state index is -0.757. The normalized spacial score (nSPS) is 13.6. The topological polar surface area (TPSA) is 49.8 Å². The number of carbonyl (C=O) groups is 1. The first-order chi connectivity index (χ1) is 8.22. The molecule has 0 saturated carbocycles. The highest BCUT2D eigenvalue weighted by atomic mass is 16.5. The van der Waals surface area contributed by atoms with Crippen molar-refractivity contribution in [2.75, 3.05) is 24.6 Å². The molecule has 17 heavy (non-hydrogen) atoms. The molecule has 0 spiro atoms. The van der Waals surface area contributed by atoms with Gasteiger partial charge >= 0.3 is 5.97 Å². The van der Waals surface area contributed by atoms with Crippen molar-refractivity contribution < 1.29 is 14.6 Å². The lowest BCUT2D eigenvalue weighted by Crippen LogP contribution is -2.24. The van der Waals surface area contributed by atoms with Crippen LogP contribution in [0.5, 0.6) is 5.75 Å². The summed E-state index contributed by atoms with van der Waals surface area (Å²) in [5, 5.41) is 8.74. The Hall–Kier alpha value is -1.71. The molecule has 4 nitrogen and oxygen atoms in total. The van der Waals surface area contributed by atoms with Gasteiger partial charge in [0.15, 0.2) is 0 Å². The van der Waals surface area contributed by atoms with Gasteiger partial charge in [-0.15, -0.1) is 0 Å². The molecule has 0 aromatic heterocycles. The number of fused-ring (bicyclic) bond motifs is 1. The van der Waals surface area contributed by atoms with Crippen LogP contribution in [0.15, 0.2) is 18.2 Å². The SMILES string of the molecule is CCOc1cccc2c1N(CCC(=O)O)CC2. The lowest BCUT2D eigenvalue weighted by Gasteiger charge is -2.21. The van der Waals surface area contributed by atoms with E-state index in [0.717, 1.165) is 24.4 Å². The number of rotatable bonds is 5. The lowest BCUT2D eigenvalue weighted by molar-refractivity contribution is -0.136. The van der Waals surface area contributed by atoms with Gasteiger partial charge in [0.1, 0.15) is 5.75 Å². The number of hydrogen-bond acceptors (Lipinski definition) is 3. The van der Waals surface area contributed by atoms with Gasteiger partial charge in [0.05, 0.1) is 18.7 Å². The van der Waals surface area contributed by atoms with Crippen molar-refractivity contribution in [3.63, 3.8) is 0 Å². The van der Waals surface area contributed by atoms with Crippen LogP contribution in [0.4, 0.5) is 5.69 Å². The summed E-state index contributed by atoms with van der Waals surface area (Å²) < 4.78 is 5.60. The smallest absolute Gasteiger partial charge is 0.305 e. The highest BCUT2D eigenvalue weighted by Gasteiger charge is 2.23. The second-order valence-corrected chi connectivity index (χ2v) is 4.08. The fraction of sp³-hybridized carbons (Fsp3) is 0.462. The fourth-order valence-corrected chi connectivity index (χ4v) is 2.22. The maximum atomic E-state index is 10.6. The number of ether oxygens (including phenoxy) is 1. The molecule has 0 radical (unpaired) electrons. The second kappa shape index (κ2) is 5.08. The highest BCUT2D eigenvalue weighted by molar-refractivity contribution is 5.70. The number of carboxylic acid groups (broad SMARTS) is 1. The van der Waals surface area contributed by atoms with E-state index in [4.69, 9.17) is 9.84 Å². The average Bonchev–Trinajstić information content (AvgIpc) is 2.71. The molecule has 1 aliphatic rings. The summed E-state index contributed by atoms with van der Waals surface area (Å²) in [6.07, 6.45) is 1.13. The average molecular weight is 235 g/mol. The molecule has 92 valence electrons. The first-order valence-electron chi connectivity index (χ1n) is 5.93. The Morgan fingerprint density at radius 1 is 1.53 bits per heavy atom. The van der Waals surface area contributed by atoms with E-state index in [2.05, 4.69) is 11.0 Å². The molecule has 0 fully saturated rings. The van der Waals surface area contributed by atoms with Gasteiger partial charge in [0, 0.05) is 13.1 Å². The third-order valence-electron chi connectivity index (χ3n) is 2.95. The van der Waals surface area contributed by atoms with Crippen molar-refractivity contribution in [3.8, 4) is 5.75 Å². The van der Waals surface area contributed by atoms with E-state index >= 15 is 0 Å². The molecule has 0 saturated heterocycles. The molecular formula is C13H17NO3. The lowest BCUT2D eigenvalue weighted by atomic mass is 10.1. The molecule has 1 aromatic rings. The highest BCUT2D eigenvalue weighted by Crippen LogP contribution is 2.37. The molecule has 0 bridgehead atoms. The van der Waals surface area contributed by atoms with Crippen LogP contribution in [0.2, 0.25) is 0 Å². The summed E-state index contributed by atoms with van der Waals surface area (Å²) in [5.74, 6) is 0.111. The van der Waals surface area contributed by atoms with E-state index in [1.807, 2.05) is 19.1 Å². The van der Waals surface area contributed by atoms with Crippen LogP contribution in [-0.2, 0) is 11.2 Å². The van der Waals surface area contributed by atoms with Crippen molar-refractivity contribution in [2.24, 2.45) is 0 Å². The molecule has 0 aliphatic carbocycles. The summed E-state index contributed by atoms with van der Waals surface area (Å²) in [6, 6.07) is 6.02. The van der Waals surface area contributed by atoms with Crippen LogP contribution < -0.4 is 9.64 Å². The number of nitrogens with zero attached hydrogens (tertiary/aromatic N) is 1. The zero-order valence-electron chi connectivity index (χ0n) is 9.98. The quantitative estimate of drug-likeness (QED) is 0.847. The molecule has 1 heterocycles. The van der Waals surface area contributed by atoms with Crippen LogP contribution >= 0.6 is 0 Å². The summed E-state index contributed by atoms with van der Waals surface area (Å²) in [6.45, 7) is 4.01. The summed E-state index contributed by atoms with van der Waals surface area (Å²) in [4.78, 5) is 12.7. The molecule has 4 heteroatoms. The van der Waals surface area contributed by atoms with E-state index in [1.54, 1.807) is 0 Å². The molecule has 1 aromatic carbocycles. The van der Waals surface area contributed by atoms with Crippen LogP contribution in [0, 0.1) is 0 Å². The van der Waals surface area contributed by atoms with Gasteiger partial charge in [0.2, 0.25) is 0 Å². The second-order valence-electron chi connectivity index (χ2n) is 4.08. The Balaban J connectivity index is 2.19. The standard InChI is InChI=1S/C13H17NO3/c1-2-17-11-5-3-4-10-6-8-14(13(10)11)9-7-12(15)16/h3-5H,2,6-9H2,1H3,(H,15,16). The van der Waals surface area contributed by atoms with Crippen molar-refractivity contribution in [1.29, 1.82) is 0 Å². The summed E-state index contributed by atoms with van der Waals surface area (Å²) >= 11 is 0. The van der Waals surface area contributed by atoms with Gasteiger partial charge in [-0.3, -0.25) is 4.79 Å². The van der Waals surface area contributed by atoms with Gasteiger partial charge in [-0.25, -0.2) is 0 Å². The first-order valence-corrected chi connectivity index (χ1v) is 5.93. The Bertz CT molecular complexity index is 417. The summed E-state index contributed by atoms with van der Waals surface area (Å²) in [7, 11) is 0. The molecule has 0 atom stereocenters. The Kier molecular flexibility index (Phi) is 3.52. The fourth-order valence-electron chi connectivity index (χ4n) is 2.22. The molecule has 1 N–H and O–H groups in total. The third kappa shape index (κ3) is 2.52. The molecule has 0 amide bonds. The first kappa shape index (κ1) is 11.8. The predicted octanol–water partition coefficient (Wildman–Crippen LogP) is 1.92. The number of anilines is 1. The van der Waals surface area contributed by atoms with Gasteiger partial charge in [-0.05, 0) is 25.0 Å². The zero-order chi connectivity index (χ0) is 12.3. The van der Waals surface area contributed by atoms with Gasteiger partial charge in [-0.1, -0.05) is 12.1 Å². The minimum absolute atomic E-state index is 0.167. The number of aliphatic carboxylic acids is 1. The minimum Gasteiger partial charge on any atom is -0.492 e. The monoisotopic (exact) mass is 235 g/mol. The van der Waals surface area contributed by atoms with E-state index in [0.29, 0.717) is 13.2 Å². The Morgan fingerprint density at radius 2 is 2.35 bits per heavy atom. The van der Waals surface area contributed by atoms with Crippen LogP contribution in [-0.4, -0.2) is 30.8 Å². The van der Waals surface area contributed by atoms with Crippen molar-refractivity contribution in [2.45, 2.75) is 19.8 Å². The van der Waals surface area contributed by atoms with E-state index in [9.17, 15) is 4.79 Å². The van der Waals surface area contributed by atoms with Gasteiger partial charge in [-0.2, -0.15) is 0 Å². The number of para-hydroxylation sites is 1. The zero-order valence-corrected chi connectivity index (χ0v) is 9.98. The van der Waals surface area contributed by atoms with Gasteiger partial charge in [0.25, 0.3) is 0 Å². The van der Waals surface area contributed by atoms with Crippen molar-refractivity contribution in [3.05, 3.63) is 23.8 Å². The molecule has 0 unspecified atom stereocenters. The number of benzene rings is 1. The van der Waals surface area contributed by atoms with Crippen LogP contribution in [0.25, 0.3) is 0 Å². The van der Waals surface area contributed by atoms with E-state index in [1.165, 1.54) is 5.56 Å². The van der Waals surface area contributed by atoms with Gasteiger partial charge < -0.3 is 14.7 Å². The number of carboxylic acids is 1. The maximum Gasteiger partial charge on any atom is 0.305 e. The molecule has 2 rings (SSSR count). The van der Waals surface area contributed by atoms with Crippen LogP contribution in [0.1, 0.15) is 18.9 Å². The maximum absolute atomic E-state index is 10.6. The molecule has 1 aliphatic heterocycles. The summed E-state index contributed by atoms with van der Waals surface area (Å²) in [5.41, 5.74) is 2.33. The van der Waals surface area contributed by atoms with Crippen molar-refractivity contribution >= 4 is 11.7 Å². The third-order valence-corrected chi connectivity index (χ3v) is 2.95. The Labute approximate surface area is 101 Å².